The quantitative estimate of drug-likeness (QED) is 0.620. The van der Waals surface area contributed by atoms with Crippen molar-refractivity contribution < 1.29 is 14.5 Å². The van der Waals surface area contributed by atoms with Gasteiger partial charge in [0.25, 0.3) is 11.6 Å². The zero-order valence-corrected chi connectivity index (χ0v) is 9.67. The van der Waals surface area contributed by atoms with Crippen molar-refractivity contribution in [1.29, 1.82) is 0 Å². The third-order valence-electron chi connectivity index (χ3n) is 2.13. The van der Waals surface area contributed by atoms with E-state index in [-0.39, 0.29) is 17.6 Å². The molecule has 1 rings (SSSR count). The molecule has 0 aliphatic heterocycles. The number of methoxy groups -OCH3 is 1. The molecule has 0 saturated heterocycles. The lowest BCUT2D eigenvalue weighted by atomic mass is 10.2. The third-order valence-corrected chi connectivity index (χ3v) is 2.13. The molecule has 1 atom stereocenters. The summed E-state index contributed by atoms with van der Waals surface area (Å²) in [6.45, 7) is 2.23. The van der Waals surface area contributed by atoms with E-state index in [1.807, 2.05) is 6.92 Å². The molecule has 0 spiro atoms. The lowest BCUT2D eigenvalue weighted by Crippen LogP contribution is -2.35. The number of ether oxygens (including phenoxy) is 1. The highest BCUT2D eigenvalue weighted by Gasteiger charge is 2.11. The molecule has 92 valence electrons. The number of nitrogens with one attached hydrogen (secondary N) is 1. The summed E-state index contributed by atoms with van der Waals surface area (Å²) in [5.74, 6) is -0.274. The summed E-state index contributed by atoms with van der Waals surface area (Å²) in [5, 5.41) is 13.1. The molecule has 0 fully saturated rings. The molecule has 0 aromatic heterocycles. The van der Waals surface area contributed by atoms with Crippen LogP contribution < -0.4 is 5.32 Å². The monoisotopic (exact) mass is 238 g/mol. The summed E-state index contributed by atoms with van der Waals surface area (Å²) in [7, 11) is 1.55. The fraction of sp³-hybridized carbons (Fsp3) is 0.364. The Kier molecular flexibility index (Phi) is 4.59. The second-order valence-corrected chi connectivity index (χ2v) is 3.63. The van der Waals surface area contributed by atoms with Crippen LogP contribution in [0.5, 0.6) is 0 Å². The van der Waals surface area contributed by atoms with Gasteiger partial charge in [0.05, 0.1) is 11.5 Å². The average Bonchev–Trinajstić information content (AvgIpc) is 2.29. The first kappa shape index (κ1) is 13.1. The molecule has 0 unspecified atom stereocenters. The number of nitro groups is 1. The van der Waals surface area contributed by atoms with Crippen LogP contribution in [0, 0.1) is 10.1 Å². The number of rotatable bonds is 5. The fourth-order valence-corrected chi connectivity index (χ4v) is 1.33. The van der Waals surface area contributed by atoms with Crippen LogP contribution in [0.15, 0.2) is 24.3 Å². The number of nitro benzene ring substituents is 1. The Bertz CT molecular complexity index is 402. The van der Waals surface area contributed by atoms with Crippen LogP contribution in [0.25, 0.3) is 0 Å². The molecule has 1 aromatic rings. The van der Waals surface area contributed by atoms with Gasteiger partial charge in [-0.1, -0.05) is 0 Å². The summed E-state index contributed by atoms with van der Waals surface area (Å²) in [6.07, 6.45) is 0. The maximum Gasteiger partial charge on any atom is 0.269 e. The molecule has 17 heavy (non-hydrogen) atoms. The highest BCUT2D eigenvalue weighted by atomic mass is 16.6. The molecule has 0 aliphatic carbocycles. The summed E-state index contributed by atoms with van der Waals surface area (Å²) in [4.78, 5) is 21.6. The molecule has 1 amide bonds. The summed E-state index contributed by atoms with van der Waals surface area (Å²) in [5.41, 5.74) is 0.352. The number of benzene rings is 1. The zero-order valence-electron chi connectivity index (χ0n) is 9.67. The van der Waals surface area contributed by atoms with Gasteiger partial charge in [-0.2, -0.15) is 0 Å². The number of hydrogen-bond acceptors (Lipinski definition) is 4. The first-order valence-electron chi connectivity index (χ1n) is 5.09. The van der Waals surface area contributed by atoms with Gasteiger partial charge in [-0.15, -0.1) is 0 Å². The molecule has 0 saturated carbocycles. The minimum Gasteiger partial charge on any atom is -0.383 e. The van der Waals surface area contributed by atoms with E-state index in [2.05, 4.69) is 5.32 Å². The first-order valence-corrected chi connectivity index (χ1v) is 5.09. The van der Waals surface area contributed by atoms with E-state index in [1.165, 1.54) is 24.3 Å². The minimum atomic E-state index is -0.505. The molecular weight excluding hydrogens is 224 g/mol. The Morgan fingerprint density at radius 1 is 1.47 bits per heavy atom. The maximum atomic E-state index is 11.7. The molecular formula is C11H14N2O4. The molecule has 0 bridgehead atoms. The predicted molar refractivity (Wildman–Crippen MR) is 61.9 cm³/mol. The van der Waals surface area contributed by atoms with Crippen LogP contribution in [0.4, 0.5) is 5.69 Å². The Morgan fingerprint density at radius 3 is 2.53 bits per heavy atom. The van der Waals surface area contributed by atoms with E-state index in [9.17, 15) is 14.9 Å². The van der Waals surface area contributed by atoms with E-state index in [0.29, 0.717) is 12.2 Å². The largest absolute Gasteiger partial charge is 0.383 e. The fourth-order valence-electron chi connectivity index (χ4n) is 1.33. The summed E-state index contributed by atoms with van der Waals surface area (Å²) < 4.78 is 4.89. The van der Waals surface area contributed by atoms with Crippen molar-refractivity contribution >= 4 is 11.6 Å². The minimum absolute atomic E-state index is 0.0357. The van der Waals surface area contributed by atoms with Crippen molar-refractivity contribution in [2.75, 3.05) is 13.7 Å². The van der Waals surface area contributed by atoms with Crippen molar-refractivity contribution in [1.82, 2.24) is 5.32 Å². The average molecular weight is 238 g/mol. The van der Waals surface area contributed by atoms with Crippen molar-refractivity contribution in [3.05, 3.63) is 39.9 Å². The Labute approximate surface area is 98.7 Å². The Morgan fingerprint density at radius 2 is 2.06 bits per heavy atom. The Balaban J connectivity index is 2.66. The molecule has 1 N–H and O–H groups in total. The van der Waals surface area contributed by atoms with Crippen LogP contribution in [-0.2, 0) is 4.74 Å². The van der Waals surface area contributed by atoms with Crippen molar-refractivity contribution in [2.24, 2.45) is 0 Å². The highest BCUT2D eigenvalue weighted by Crippen LogP contribution is 2.11. The van der Waals surface area contributed by atoms with E-state index >= 15 is 0 Å². The molecule has 6 nitrogen and oxygen atoms in total. The van der Waals surface area contributed by atoms with Gasteiger partial charge < -0.3 is 10.1 Å². The highest BCUT2D eigenvalue weighted by molar-refractivity contribution is 5.94. The standard InChI is InChI=1S/C11H14N2O4/c1-8(7-17-2)12-11(14)9-3-5-10(6-4-9)13(15)16/h3-6,8H,7H2,1-2H3,(H,12,14)/t8-/m0/s1. The van der Waals surface area contributed by atoms with Crippen molar-refractivity contribution in [3.63, 3.8) is 0 Å². The van der Waals surface area contributed by atoms with Gasteiger partial charge in [-0.25, -0.2) is 0 Å². The smallest absolute Gasteiger partial charge is 0.269 e. The topological polar surface area (TPSA) is 81.5 Å². The molecule has 1 aromatic carbocycles. The summed E-state index contributed by atoms with van der Waals surface area (Å²) >= 11 is 0. The number of nitrogens with zero attached hydrogens (tertiary/aromatic N) is 1. The van der Waals surface area contributed by atoms with Gasteiger partial charge in [-0.3, -0.25) is 14.9 Å². The zero-order chi connectivity index (χ0) is 12.8. The number of carbonyl (C=O) groups is 1. The maximum absolute atomic E-state index is 11.7. The third kappa shape index (κ3) is 3.84. The van der Waals surface area contributed by atoms with Gasteiger partial charge in [0.1, 0.15) is 0 Å². The number of carbonyl (C=O) groups excluding carboxylic acids is 1. The lowest BCUT2D eigenvalue weighted by molar-refractivity contribution is -0.384. The second-order valence-electron chi connectivity index (χ2n) is 3.63. The normalized spacial score (nSPS) is 11.9. The van der Waals surface area contributed by atoms with Crippen LogP contribution in [0.2, 0.25) is 0 Å². The predicted octanol–water partition coefficient (Wildman–Crippen LogP) is 1.36. The molecule has 6 heteroatoms. The lowest BCUT2D eigenvalue weighted by Gasteiger charge is -2.12. The van der Waals surface area contributed by atoms with E-state index < -0.39 is 4.92 Å². The second kappa shape index (κ2) is 5.95. The van der Waals surface area contributed by atoms with Gasteiger partial charge in [-0.05, 0) is 19.1 Å². The van der Waals surface area contributed by atoms with E-state index in [0.717, 1.165) is 0 Å². The SMILES string of the molecule is COC[C@H](C)NC(=O)c1ccc([N+](=O)[O-])cc1. The number of non-ortho nitro benzene ring substituents is 1. The van der Waals surface area contributed by atoms with Gasteiger partial charge >= 0.3 is 0 Å². The van der Waals surface area contributed by atoms with Crippen LogP contribution in [-0.4, -0.2) is 30.6 Å². The molecule has 0 heterocycles. The molecule has 0 aliphatic rings. The Hall–Kier alpha value is -1.95. The van der Waals surface area contributed by atoms with E-state index in [4.69, 9.17) is 4.74 Å². The van der Waals surface area contributed by atoms with Crippen molar-refractivity contribution in [2.45, 2.75) is 13.0 Å². The molecule has 0 radical (unpaired) electrons. The van der Waals surface area contributed by atoms with Crippen molar-refractivity contribution in [3.8, 4) is 0 Å². The number of hydrogen-bond donors (Lipinski definition) is 1. The number of amides is 1. The van der Waals surface area contributed by atoms with E-state index in [1.54, 1.807) is 7.11 Å². The van der Waals surface area contributed by atoms with Crippen LogP contribution in [0.3, 0.4) is 0 Å². The van der Waals surface area contributed by atoms with Gasteiger partial charge in [0.15, 0.2) is 0 Å². The van der Waals surface area contributed by atoms with Gasteiger partial charge in [0.2, 0.25) is 0 Å². The first-order chi connectivity index (χ1) is 8.04. The van der Waals surface area contributed by atoms with Crippen LogP contribution in [0.1, 0.15) is 17.3 Å². The summed E-state index contributed by atoms with van der Waals surface area (Å²) in [6, 6.07) is 5.34. The van der Waals surface area contributed by atoms with Crippen LogP contribution >= 0.6 is 0 Å². The van der Waals surface area contributed by atoms with Gasteiger partial charge in [0, 0.05) is 30.8 Å².